The third-order valence-corrected chi connectivity index (χ3v) is 5.47. The Balaban J connectivity index is 1.81. The Hall–Kier alpha value is -3.75. The van der Waals surface area contributed by atoms with Gasteiger partial charge < -0.3 is 14.8 Å². The predicted octanol–water partition coefficient (Wildman–Crippen LogP) is 6.79. The molecule has 6 heteroatoms. The third-order valence-electron chi connectivity index (χ3n) is 5.24. The summed E-state index contributed by atoms with van der Waals surface area (Å²) in [5, 5.41) is 12.7. The first-order valence-electron chi connectivity index (χ1n) is 11.0. The molecular weight excluding hydrogens is 448 g/mol. The van der Waals surface area contributed by atoms with E-state index in [0.29, 0.717) is 41.0 Å². The van der Waals surface area contributed by atoms with Gasteiger partial charge in [0.05, 0.1) is 6.61 Å². The van der Waals surface area contributed by atoms with E-state index in [1.165, 1.54) is 22.8 Å². The summed E-state index contributed by atoms with van der Waals surface area (Å²) in [6.07, 6.45) is 1.51. The van der Waals surface area contributed by atoms with Gasteiger partial charge >= 0.3 is 0 Å². The zero-order valence-electron chi connectivity index (χ0n) is 19.7. The second kappa shape index (κ2) is 11.4. The van der Waals surface area contributed by atoms with Crippen LogP contribution in [-0.4, -0.2) is 12.5 Å². The second-order valence-electron chi connectivity index (χ2n) is 7.94. The van der Waals surface area contributed by atoms with Crippen molar-refractivity contribution in [1.82, 2.24) is 0 Å². The maximum Gasteiger partial charge on any atom is 0.266 e. The van der Waals surface area contributed by atoms with E-state index in [9.17, 15) is 10.1 Å². The van der Waals surface area contributed by atoms with Crippen LogP contribution >= 0.6 is 11.6 Å². The van der Waals surface area contributed by atoms with E-state index in [2.05, 4.69) is 38.2 Å². The van der Waals surface area contributed by atoms with Gasteiger partial charge in [0.1, 0.15) is 18.2 Å². The van der Waals surface area contributed by atoms with E-state index in [-0.39, 0.29) is 5.57 Å². The highest BCUT2D eigenvalue weighted by Gasteiger charge is 2.13. The fraction of sp³-hybridized carbons (Fsp3) is 0.214. The molecule has 174 valence electrons. The maximum absolute atomic E-state index is 12.6. The number of carbonyl (C=O) groups is 1. The quantitative estimate of drug-likeness (QED) is 0.288. The minimum atomic E-state index is -0.520. The summed E-state index contributed by atoms with van der Waals surface area (Å²) in [5.74, 6) is 0.625. The Morgan fingerprint density at radius 1 is 1.03 bits per heavy atom. The fourth-order valence-electron chi connectivity index (χ4n) is 3.67. The van der Waals surface area contributed by atoms with E-state index in [0.717, 1.165) is 5.56 Å². The first kappa shape index (κ1) is 24.9. The molecule has 0 atom stereocenters. The number of nitrogens with zero attached hydrogens (tertiary/aromatic N) is 1. The topological polar surface area (TPSA) is 71.3 Å². The highest BCUT2D eigenvalue weighted by atomic mass is 35.5. The number of rotatable bonds is 8. The van der Waals surface area contributed by atoms with Crippen molar-refractivity contribution < 1.29 is 14.3 Å². The number of halogens is 1. The molecule has 0 aliphatic rings. The van der Waals surface area contributed by atoms with Gasteiger partial charge in [-0.25, -0.2) is 0 Å². The van der Waals surface area contributed by atoms with Crippen LogP contribution < -0.4 is 14.8 Å². The maximum atomic E-state index is 12.6. The standard InChI is InChI=1S/C28H27ClN2O3/c1-5-33-27-14-21(13-22(16-30)28(32)31-24-8-6-7-23(29)15-24)9-10-26(27)34-17-25-19(3)11-18(2)12-20(25)4/h6-15H,5,17H2,1-4H3,(H,31,32)/b22-13+. The zero-order valence-corrected chi connectivity index (χ0v) is 20.5. The lowest BCUT2D eigenvalue weighted by atomic mass is 10.0. The molecule has 0 fully saturated rings. The molecule has 0 unspecified atom stereocenters. The van der Waals surface area contributed by atoms with Crippen LogP contribution in [0, 0.1) is 32.1 Å². The number of aryl methyl sites for hydroxylation is 3. The summed E-state index contributed by atoms with van der Waals surface area (Å²) in [7, 11) is 0. The van der Waals surface area contributed by atoms with Crippen LogP contribution in [0.15, 0.2) is 60.2 Å². The summed E-state index contributed by atoms with van der Waals surface area (Å²) in [6.45, 7) is 8.99. The molecule has 3 aromatic carbocycles. The van der Waals surface area contributed by atoms with E-state index in [1.807, 2.05) is 13.0 Å². The Labute approximate surface area is 205 Å². The normalized spacial score (nSPS) is 11.0. The summed E-state index contributed by atoms with van der Waals surface area (Å²) in [4.78, 5) is 12.6. The molecule has 5 nitrogen and oxygen atoms in total. The molecule has 0 aliphatic carbocycles. The molecule has 3 aromatic rings. The molecule has 0 aromatic heterocycles. The lowest BCUT2D eigenvalue weighted by Gasteiger charge is -2.16. The van der Waals surface area contributed by atoms with Crippen molar-refractivity contribution in [2.75, 3.05) is 11.9 Å². The average Bonchev–Trinajstić information content (AvgIpc) is 2.78. The van der Waals surface area contributed by atoms with Gasteiger partial charge in [-0.05, 0) is 86.4 Å². The number of hydrogen-bond donors (Lipinski definition) is 1. The van der Waals surface area contributed by atoms with Gasteiger partial charge in [0, 0.05) is 10.7 Å². The number of carbonyl (C=O) groups excluding carboxylic acids is 1. The van der Waals surface area contributed by atoms with Crippen molar-refractivity contribution in [3.05, 3.63) is 93.0 Å². The van der Waals surface area contributed by atoms with Gasteiger partial charge in [0.25, 0.3) is 5.91 Å². The van der Waals surface area contributed by atoms with Crippen LogP contribution in [0.2, 0.25) is 5.02 Å². The molecule has 34 heavy (non-hydrogen) atoms. The highest BCUT2D eigenvalue weighted by molar-refractivity contribution is 6.31. The van der Waals surface area contributed by atoms with Crippen molar-refractivity contribution >= 4 is 29.3 Å². The van der Waals surface area contributed by atoms with Crippen LogP contribution in [0.3, 0.4) is 0 Å². The Kier molecular flexibility index (Phi) is 8.34. The fourth-order valence-corrected chi connectivity index (χ4v) is 3.86. The molecule has 0 saturated carbocycles. The Bertz CT molecular complexity index is 1250. The summed E-state index contributed by atoms with van der Waals surface area (Å²) in [6, 6.07) is 18.3. The lowest BCUT2D eigenvalue weighted by Crippen LogP contribution is -2.13. The van der Waals surface area contributed by atoms with Crippen LogP contribution in [0.5, 0.6) is 11.5 Å². The summed E-state index contributed by atoms with van der Waals surface area (Å²) in [5.41, 5.74) is 5.84. The zero-order chi connectivity index (χ0) is 24.7. The number of nitriles is 1. The molecule has 0 bridgehead atoms. The smallest absolute Gasteiger partial charge is 0.266 e. The minimum Gasteiger partial charge on any atom is -0.490 e. The van der Waals surface area contributed by atoms with Crippen molar-refractivity contribution in [3.8, 4) is 17.6 Å². The Morgan fingerprint density at radius 2 is 1.76 bits per heavy atom. The molecule has 3 rings (SSSR count). The van der Waals surface area contributed by atoms with Gasteiger partial charge in [0.2, 0.25) is 0 Å². The summed E-state index contributed by atoms with van der Waals surface area (Å²) < 4.78 is 11.9. The van der Waals surface area contributed by atoms with Gasteiger partial charge in [-0.1, -0.05) is 41.4 Å². The second-order valence-corrected chi connectivity index (χ2v) is 8.38. The third kappa shape index (κ3) is 6.40. The number of nitrogens with one attached hydrogen (secondary N) is 1. The van der Waals surface area contributed by atoms with E-state index >= 15 is 0 Å². The Morgan fingerprint density at radius 3 is 2.41 bits per heavy atom. The van der Waals surface area contributed by atoms with Gasteiger partial charge in [0.15, 0.2) is 11.5 Å². The van der Waals surface area contributed by atoms with Gasteiger partial charge in [-0.3, -0.25) is 4.79 Å². The first-order valence-corrected chi connectivity index (χ1v) is 11.3. The highest BCUT2D eigenvalue weighted by Crippen LogP contribution is 2.31. The van der Waals surface area contributed by atoms with Gasteiger partial charge in [-0.15, -0.1) is 0 Å². The molecule has 0 radical (unpaired) electrons. The van der Waals surface area contributed by atoms with Crippen molar-refractivity contribution in [2.45, 2.75) is 34.3 Å². The monoisotopic (exact) mass is 474 g/mol. The number of ether oxygens (including phenoxy) is 2. The van der Waals surface area contributed by atoms with E-state index < -0.39 is 5.91 Å². The van der Waals surface area contributed by atoms with Crippen LogP contribution in [-0.2, 0) is 11.4 Å². The molecular formula is C28H27ClN2O3. The van der Waals surface area contributed by atoms with Crippen molar-refractivity contribution in [3.63, 3.8) is 0 Å². The molecule has 0 spiro atoms. The molecule has 0 heterocycles. The SMILES string of the molecule is CCOc1cc(/C=C(\C#N)C(=O)Nc2cccc(Cl)c2)ccc1OCc1c(C)cc(C)cc1C. The van der Waals surface area contributed by atoms with Crippen LogP contribution in [0.1, 0.15) is 34.7 Å². The lowest BCUT2D eigenvalue weighted by molar-refractivity contribution is -0.112. The van der Waals surface area contributed by atoms with Crippen LogP contribution in [0.25, 0.3) is 6.08 Å². The minimum absolute atomic E-state index is 0.0398. The molecule has 0 aliphatic heterocycles. The number of hydrogen-bond acceptors (Lipinski definition) is 4. The van der Waals surface area contributed by atoms with E-state index in [1.54, 1.807) is 42.5 Å². The number of benzene rings is 3. The number of amides is 1. The van der Waals surface area contributed by atoms with E-state index in [4.69, 9.17) is 21.1 Å². The molecule has 1 amide bonds. The van der Waals surface area contributed by atoms with Crippen molar-refractivity contribution in [2.24, 2.45) is 0 Å². The van der Waals surface area contributed by atoms with Crippen LogP contribution in [0.4, 0.5) is 5.69 Å². The molecule has 1 N–H and O–H groups in total. The van der Waals surface area contributed by atoms with Crippen molar-refractivity contribution in [1.29, 1.82) is 5.26 Å². The number of anilines is 1. The van der Waals surface area contributed by atoms with Gasteiger partial charge in [-0.2, -0.15) is 5.26 Å². The largest absolute Gasteiger partial charge is 0.490 e. The molecule has 0 saturated heterocycles. The average molecular weight is 475 g/mol. The predicted molar refractivity (Wildman–Crippen MR) is 136 cm³/mol. The summed E-state index contributed by atoms with van der Waals surface area (Å²) >= 11 is 5.97. The first-order chi connectivity index (χ1) is 16.3.